The van der Waals surface area contributed by atoms with Gasteiger partial charge in [0.15, 0.2) is 5.96 Å². The summed E-state index contributed by atoms with van der Waals surface area (Å²) in [5, 5.41) is 7.75. The zero-order chi connectivity index (χ0) is 17.5. The minimum atomic E-state index is 0. The summed E-state index contributed by atoms with van der Waals surface area (Å²) in [5.74, 6) is 1.68. The van der Waals surface area contributed by atoms with Crippen LogP contribution < -0.4 is 15.4 Å². The number of nitrogens with one attached hydrogen (secondary N) is 2. The molecule has 0 fully saturated rings. The van der Waals surface area contributed by atoms with E-state index in [1.807, 2.05) is 19.9 Å². The van der Waals surface area contributed by atoms with Crippen LogP contribution in [0.4, 0.5) is 0 Å². The van der Waals surface area contributed by atoms with Gasteiger partial charge in [0.1, 0.15) is 5.75 Å². The van der Waals surface area contributed by atoms with E-state index in [2.05, 4.69) is 46.6 Å². The van der Waals surface area contributed by atoms with Crippen LogP contribution in [0.15, 0.2) is 23.2 Å². The highest BCUT2D eigenvalue weighted by molar-refractivity contribution is 14.0. The van der Waals surface area contributed by atoms with E-state index >= 15 is 0 Å². The SMILES string of the molecule is CCNC(=NCc1ccc(C)cc1OC)NCc1sc(C)nc1C.I. The van der Waals surface area contributed by atoms with Crippen LogP contribution >= 0.6 is 35.3 Å². The van der Waals surface area contributed by atoms with Crippen LogP contribution in [0.5, 0.6) is 5.75 Å². The molecule has 0 amide bonds. The zero-order valence-electron chi connectivity index (χ0n) is 15.5. The fraction of sp³-hybridized carbons (Fsp3) is 0.444. The van der Waals surface area contributed by atoms with Gasteiger partial charge in [-0.2, -0.15) is 0 Å². The van der Waals surface area contributed by atoms with Gasteiger partial charge >= 0.3 is 0 Å². The monoisotopic (exact) mass is 474 g/mol. The Morgan fingerprint density at radius 2 is 2.00 bits per heavy atom. The summed E-state index contributed by atoms with van der Waals surface area (Å²) in [6.07, 6.45) is 0. The van der Waals surface area contributed by atoms with Crippen molar-refractivity contribution in [1.82, 2.24) is 15.6 Å². The van der Waals surface area contributed by atoms with Gasteiger partial charge in [0.25, 0.3) is 0 Å². The molecular formula is C18H27IN4OS. The summed E-state index contributed by atoms with van der Waals surface area (Å²) in [5.41, 5.74) is 3.34. The van der Waals surface area contributed by atoms with Crippen LogP contribution in [0, 0.1) is 20.8 Å². The minimum absolute atomic E-state index is 0. The van der Waals surface area contributed by atoms with E-state index in [-0.39, 0.29) is 24.0 Å². The molecule has 7 heteroatoms. The lowest BCUT2D eigenvalue weighted by Gasteiger charge is -2.12. The van der Waals surface area contributed by atoms with Crippen molar-refractivity contribution in [2.75, 3.05) is 13.7 Å². The van der Waals surface area contributed by atoms with E-state index < -0.39 is 0 Å². The van der Waals surface area contributed by atoms with Gasteiger partial charge in [-0.05, 0) is 39.3 Å². The second kappa shape index (κ2) is 10.6. The number of hydrogen-bond donors (Lipinski definition) is 2. The maximum Gasteiger partial charge on any atom is 0.191 e. The standard InChI is InChI=1S/C18H26N4OS.HI/c1-6-19-18(21-11-17-13(3)22-14(4)24-17)20-10-15-8-7-12(2)9-16(15)23-5;/h7-9H,6,10-11H2,1-5H3,(H2,19,20,21);1H. The minimum Gasteiger partial charge on any atom is -0.496 e. The summed E-state index contributed by atoms with van der Waals surface area (Å²) < 4.78 is 5.45. The first kappa shape index (κ1) is 21.7. The number of nitrogens with zero attached hydrogens (tertiary/aromatic N) is 2. The Morgan fingerprint density at radius 3 is 2.60 bits per heavy atom. The first-order valence-corrected chi connectivity index (χ1v) is 8.93. The third-order valence-corrected chi connectivity index (χ3v) is 4.68. The number of halogens is 1. The predicted octanol–water partition coefficient (Wildman–Crippen LogP) is 3.95. The molecule has 5 nitrogen and oxygen atoms in total. The van der Waals surface area contributed by atoms with Crippen LogP contribution in [0.25, 0.3) is 0 Å². The molecule has 2 aromatic rings. The van der Waals surface area contributed by atoms with Crippen molar-refractivity contribution in [3.05, 3.63) is 44.9 Å². The number of benzene rings is 1. The van der Waals surface area contributed by atoms with Crippen LogP contribution in [0.2, 0.25) is 0 Å². The topological polar surface area (TPSA) is 58.5 Å². The molecular weight excluding hydrogens is 447 g/mol. The number of ether oxygens (including phenoxy) is 1. The van der Waals surface area contributed by atoms with Crippen LogP contribution in [-0.2, 0) is 13.1 Å². The van der Waals surface area contributed by atoms with E-state index in [4.69, 9.17) is 4.74 Å². The maximum atomic E-state index is 5.45. The van der Waals surface area contributed by atoms with Gasteiger partial charge in [0.05, 0.1) is 30.9 Å². The normalized spacial score (nSPS) is 11.0. The van der Waals surface area contributed by atoms with Crippen molar-refractivity contribution < 1.29 is 4.74 Å². The van der Waals surface area contributed by atoms with Crippen molar-refractivity contribution in [3.8, 4) is 5.75 Å². The van der Waals surface area contributed by atoms with Gasteiger partial charge in [-0.25, -0.2) is 9.98 Å². The summed E-state index contributed by atoms with van der Waals surface area (Å²) in [4.78, 5) is 10.4. The summed E-state index contributed by atoms with van der Waals surface area (Å²) >= 11 is 1.72. The number of aryl methyl sites for hydroxylation is 3. The summed E-state index contributed by atoms with van der Waals surface area (Å²) in [7, 11) is 1.69. The lowest BCUT2D eigenvalue weighted by Crippen LogP contribution is -2.36. The molecule has 1 aromatic carbocycles. The molecule has 0 aliphatic carbocycles. The molecule has 0 aliphatic heterocycles. The summed E-state index contributed by atoms with van der Waals surface area (Å²) in [6.45, 7) is 10.3. The Bertz CT molecular complexity index is 715. The highest BCUT2D eigenvalue weighted by Crippen LogP contribution is 2.20. The largest absolute Gasteiger partial charge is 0.496 e. The molecule has 2 rings (SSSR count). The number of hydrogen-bond acceptors (Lipinski definition) is 4. The zero-order valence-corrected chi connectivity index (χ0v) is 18.6. The Balaban J connectivity index is 0.00000312. The van der Waals surface area contributed by atoms with Crippen LogP contribution in [0.1, 0.15) is 33.6 Å². The number of aromatic nitrogens is 1. The molecule has 25 heavy (non-hydrogen) atoms. The fourth-order valence-electron chi connectivity index (χ4n) is 2.39. The highest BCUT2D eigenvalue weighted by Gasteiger charge is 2.07. The van der Waals surface area contributed by atoms with E-state index in [1.54, 1.807) is 18.4 Å². The van der Waals surface area contributed by atoms with Crippen LogP contribution in [-0.4, -0.2) is 24.6 Å². The quantitative estimate of drug-likeness (QED) is 0.378. The van der Waals surface area contributed by atoms with Gasteiger partial charge in [-0.15, -0.1) is 35.3 Å². The third-order valence-electron chi connectivity index (χ3n) is 3.61. The molecule has 0 aliphatic rings. The molecule has 0 unspecified atom stereocenters. The fourth-order valence-corrected chi connectivity index (χ4v) is 3.27. The highest BCUT2D eigenvalue weighted by atomic mass is 127. The predicted molar refractivity (Wildman–Crippen MR) is 116 cm³/mol. The second-order valence-corrected chi connectivity index (χ2v) is 6.89. The van der Waals surface area contributed by atoms with Gasteiger partial charge < -0.3 is 15.4 Å². The Morgan fingerprint density at radius 1 is 1.24 bits per heavy atom. The van der Waals surface area contributed by atoms with Gasteiger partial charge in [-0.1, -0.05) is 12.1 Å². The molecule has 2 N–H and O–H groups in total. The molecule has 0 bridgehead atoms. The Hall–Kier alpha value is -1.35. The van der Waals surface area contributed by atoms with Crippen molar-refractivity contribution in [3.63, 3.8) is 0 Å². The molecule has 0 atom stereocenters. The van der Waals surface area contributed by atoms with Crippen molar-refractivity contribution in [2.24, 2.45) is 4.99 Å². The molecule has 1 aromatic heterocycles. The number of thiazole rings is 1. The lowest BCUT2D eigenvalue weighted by molar-refractivity contribution is 0.409. The maximum absolute atomic E-state index is 5.45. The average Bonchev–Trinajstić information content (AvgIpc) is 2.88. The molecule has 0 radical (unpaired) electrons. The van der Waals surface area contributed by atoms with Gasteiger partial charge in [0.2, 0.25) is 0 Å². The van der Waals surface area contributed by atoms with Crippen LogP contribution in [0.3, 0.4) is 0 Å². The molecule has 0 saturated heterocycles. The van der Waals surface area contributed by atoms with Gasteiger partial charge in [0, 0.05) is 17.0 Å². The number of rotatable bonds is 6. The van der Waals surface area contributed by atoms with E-state index in [0.717, 1.165) is 41.1 Å². The second-order valence-electron chi connectivity index (χ2n) is 5.61. The lowest BCUT2D eigenvalue weighted by atomic mass is 10.1. The van der Waals surface area contributed by atoms with Gasteiger partial charge in [-0.3, -0.25) is 0 Å². The number of guanidine groups is 1. The van der Waals surface area contributed by atoms with E-state index in [0.29, 0.717) is 6.54 Å². The van der Waals surface area contributed by atoms with Crippen molar-refractivity contribution in [2.45, 2.75) is 40.8 Å². The van der Waals surface area contributed by atoms with E-state index in [1.165, 1.54) is 10.4 Å². The average molecular weight is 474 g/mol. The van der Waals surface area contributed by atoms with E-state index in [9.17, 15) is 0 Å². The molecule has 138 valence electrons. The van der Waals surface area contributed by atoms with Crippen molar-refractivity contribution in [1.29, 1.82) is 0 Å². The smallest absolute Gasteiger partial charge is 0.191 e. The van der Waals surface area contributed by atoms with Crippen molar-refractivity contribution >= 4 is 41.3 Å². The number of aliphatic imine (C=N–C) groups is 1. The molecule has 0 spiro atoms. The first-order chi connectivity index (χ1) is 11.5. The summed E-state index contributed by atoms with van der Waals surface area (Å²) in [6, 6.07) is 6.18. The first-order valence-electron chi connectivity index (χ1n) is 8.12. The molecule has 0 saturated carbocycles. The molecule has 1 heterocycles. The Labute approximate surface area is 171 Å². The third kappa shape index (κ3) is 6.47. The Kier molecular flexibility index (Phi) is 9.20. The number of methoxy groups -OCH3 is 1.